The molecule has 0 aromatic carbocycles. The number of carbonyl (C=O) groups is 1. The molecule has 3 N–H and O–H groups in total. The van der Waals surface area contributed by atoms with Gasteiger partial charge in [0.1, 0.15) is 0 Å². The molecule has 0 saturated carbocycles. The molecule has 0 bridgehead atoms. The van der Waals surface area contributed by atoms with Crippen LogP contribution >= 0.6 is 7.60 Å². The summed E-state index contributed by atoms with van der Waals surface area (Å²) in [6.07, 6.45) is -1.08. The molecule has 0 atom stereocenters. The minimum absolute atomic E-state index is 0. The Labute approximate surface area is 108 Å². The third kappa shape index (κ3) is 14.4. The van der Waals surface area contributed by atoms with Gasteiger partial charge in [0.2, 0.25) is 5.91 Å². The minimum atomic E-state index is -4.73. The maximum Gasteiger partial charge on any atom is 1.00 e. The Kier molecular flexibility index (Phi) is 13.7. The average Bonchev–Trinajstić information content (AvgIpc) is 1.62. The Hall–Kier alpha value is 1.58. The summed E-state index contributed by atoms with van der Waals surface area (Å²) in [7, 11) is -4.73. The molecule has 0 fully saturated rings. The monoisotopic (exact) mass is 198 g/mol. The van der Waals surface area contributed by atoms with Crippen molar-refractivity contribution in [3.63, 3.8) is 0 Å². The first-order valence-electron chi connectivity index (χ1n) is 1.96. The fraction of sp³-hybridized carbons (Fsp3) is 0.500. The van der Waals surface area contributed by atoms with Gasteiger partial charge < -0.3 is 14.4 Å². The molecule has 0 unspecified atom stereocenters. The van der Waals surface area contributed by atoms with E-state index in [0.29, 0.717) is 0 Å². The normalized spacial score (nSPS) is 9.00. The molecule has 9 heteroatoms. The molecule has 0 aliphatic heterocycles. The third-order valence-electron chi connectivity index (χ3n) is 0.498. The molecule has 0 heterocycles. The molecule has 0 aromatic rings. The van der Waals surface area contributed by atoms with Crippen LogP contribution in [-0.4, -0.2) is 12.1 Å². The Morgan fingerprint density at radius 2 is 1.82 bits per heavy atom. The minimum Gasteiger partial charge on any atom is -0.810 e. The van der Waals surface area contributed by atoms with Crippen molar-refractivity contribution in [2.24, 2.45) is 5.84 Å². The zero-order valence-corrected chi connectivity index (χ0v) is 11.3. The van der Waals surface area contributed by atoms with Gasteiger partial charge in [-0.1, -0.05) is 7.60 Å². The first kappa shape index (κ1) is 18.4. The Morgan fingerprint density at radius 1 is 1.45 bits per heavy atom. The van der Waals surface area contributed by atoms with Gasteiger partial charge in [0.15, 0.2) is 0 Å². The number of carbonyl (C=O) groups excluding carboxylic acids is 1. The topological polar surface area (TPSA) is 118 Å². The van der Waals surface area contributed by atoms with E-state index in [2.05, 4.69) is 5.84 Å². The molecule has 11 heavy (non-hydrogen) atoms. The summed E-state index contributed by atoms with van der Waals surface area (Å²) in [5, 5.41) is 0. The van der Waals surface area contributed by atoms with Gasteiger partial charge >= 0.3 is 59.1 Å². The van der Waals surface area contributed by atoms with Crippen molar-refractivity contribution in [1.82, 2.24) is 5.43 Å². The van der Waals surface area contributed by atoms with E-state index in [1.54, 1.807) is 0 Å². The van der Waals surface area contributed by atoms with Crippen LogP contribution in [-0.2, 0) is 9.36 Å². The summed E-state index contributed by atoms with van der Waals surface area (Å²) in [4.78, 5) is 29.5. The van der Waals surface area contributed by atoms with Gasteiger partial charge in [-0.05, 0) is 0 Å². The number of hydrogen-bond donors (Lipinski definition) is 2. The van der Waals surface area contributed by atoms with Crippen LogP contribution < -0.4 is 80.2 Å². The molecule has 0 aliphatic rings. The van der Waals surface area contributed by atoms with Crippen LogP contribution in [0.3, 0.4) is 0 Å². The van der Waals surface area contributed by atoms with E-state index in [1.165, 1.54) is 5.43 Å². The molecule has 0 aliphatic carbocycles. The molecule has 0 rings (SSSR count). The number of nitrogens with two attached hydrogens (primary N) is 1. The third-order valence-corrected chi connectivity index (χ3v) is 1.17. The van der Waals surface area contributed by atoms with Crippen LogP contribution in [0.2, 0.25) is 0 Å². The van der Waals surface area contributed by atoms with Crippen molar-refractivity contribution in [2.75, 3.05) is 6.16 Å². The van der Waals surface area contributed by atoms with Crippen molar-refractivity contribution in [1.29, 1.82) is 0 Å². The molecule has 54 valence electrons. The average molecular weight is 198 g/mol. The molecular formula is C2H5N2Na2O4P. The molecule has 1 amide bonds. The SMILES string of the molecule is NNC(=O)CP(=O)([O-])[O-].[Na+].[Na+]. The predicted molar refractivity (Wildman–Crippen MR) is 24.8 cm³/mol. The van der Waals surface area contributed by atoms with Crippen molar-refractivity contribution < 1.29 is 78.3 Å². The first-order valence-corrected chi connectivity index (χ1v) is 3.69. The van der Waals surface area contributed by atoms with Crippen molar-refractivity contribution in [3.05, 3.63) is 0 Å². The standard InChI is InChI=1S/C2H7N2O4P.2Na/c3-4-2(5)1-9(6,7)8;;/h1,3H2,(H,4,5)(H2,6,7,8);;/q;2*+1/p-2. The zero-order chi connectivity index (χ0) is 7.49. The quantitative estimate of drug-likeness (QED) is 0.150. The predicted octanol–water partition coefficient (Wildman–Crippen LogP) is -9.10. The van der Waals surface area contributed by atoms with E-state index in [9.17, 15) is 19.1 Å². The van der Waals surface area contributed by atoms with Gasteiger partial charge in [-0.3, -0.25) is 10.2 Å². The second-order valence-corrected chi connectivity index (χ2v) is 2.87. The fourth-order valence-corrected chi connectivity index (χ4v) is 0.665. The number of hydrazine groups is 1. The van der Waals surface area contributed by atoms with Crippen LogP contribution in [0.15, 0.2) is 0 Å². The Morgan fingerprint density at radius 3 is 1.91 bits per heavy atom. The number of hydrogen-bond acceptors (Lipinski definition) is 5. The maximum absolute atomic E-state index is 10.0. The molecule has 0 radical (unpaired) electrons. The van der Waals surface area contributed by atoms with Crippen molar-refractivity contribution in [3.8, 4) is 0 Å². The van der Waals surface area contributed by atoms with E-state index in [1.807, 2.05) is 0 Å². The number of nitrogens with one attached hydrogen (secondary N) is 1. The van der Waals surface area contributed by atoms with Crippen LogP contribution in [0.5, 0.6) is 0 Å². The van der Waals surface area contributed by atoms with Crippen LogP contribution in [0.1, 0.15) is 0 Å². The second-order valence-electron chi connectivity index (χ2n) is 1.34. The van der Waals surface area contributed by atoms with Gasteiger partial charge in [-0.25, -0.2) is 5.84 Å². The summed E-state index contributed by atoms with van der Waals surface area (Å²) in [6.45, 7) is 0. The van der Waals surface area contributed by atoms with Gasteiger partial charge in [0.05, 0.1) is 6.16 Å². The molecule has 6 nitrogen and oxygen atoms in total. The molecule has 0 aromatic heterocycles. The van der Waals surface area contributed by atoms with E-state index >= 15 is 0 Å². The smallest absolute Gasteiger partial charge is 0.810 e. The zero-order valence-electron chi connectivity index (χ0n) is 6.36. The van der Waals surface area contributed by atoms with Gasteiger partial charge in [0.25, 0.3) is 0 Å². The van der Waals surface area contributed by atoms with Crippen molar-refractivity contribution >= 4 is 13.5 Å². The summed E-state index contributed by atoms with van der Waals surface area (Å²) in [5.74, 6) is 3.48. The van der Waals surface area contributed by atoms with E-state index < -0.39 is 19.7 Å². The number of amides is 1. The van der Waals surface area contributed by atoms with Gasteiger partial charge in [-0.15, -0.1) is 0 Å². The fourth-order valence-electron chi connectivity index (χ4n) is 0.222. The van der Waals surface area contributed by atoms with Gasteiger partial charge in [-0.2, -0.15) is 0 Å². The maximum atomic E-state index is 10.0. The summed E-state index contributed by atoms with van der Waals surface area (Å²) < 4.78 is 9.76. The Bertz CT molecular complexity index is 158. The summed E-state index contributed by atoms with van der Waals surface area (Å²) >= 11 is 0. The molecular weight excluding hydrogens is 193 g/mol. The first-order chi connectivity index (χ1) is 3.95. The van der Waals surface area contributed by atoms with Crippen LogP contribution in [0.25, 0.3) is 0 Å². The molecule has 0 saturated heterocycles. The Balaban J connectivity index is -0.000000320. The number of rotatable bonds is 2. The summed E-state index contributed by atoms with van der Waals surface area (Å²) in [5.41, 5.74) is 1.51. The largest absolute Gasteiger partial charge is 1.00 e. The summed E-state index contributed by atoms with van der Waals surface area (Å²) in [6, 6.07) is 0. The van der Waals surface area contributed by atoms with Gasteiger partial charge in [0, 0.05) is 0 Å². The second kappa shape index (κ2) is 8.19. The van der Waals surface area contributed by atoms with Crippen molar-refractivity contribution in [2.45, 2.75) is 0 Å². The van der Waals surface area contributed by atoms with E-state index in [4.69, 9.17) is 0 Å². The van der Waals surface area contributed by atoms with E-state index in [0.717, 1.165) is 0 Å². The van der Waals surface area contributed by atoms with E-state index in [-0.39, 0.29) is 59.1 Å². The molecule has 0 spiro atoms. The van der Waals surface area contributed by atoms with Crippen LogP contribution in [0.4, 0.5) is 0 Å². The van der Waals surface area contributed by atoms with Crippen LogP contribution in [0, 0.1) is 0 Å².